The number of nitrogens with one attached hydrogen (secondary N) is 3. The topological polar surface area (TPSA) is 53.2 Å². The van der Waals surface area contributed by atoms with Crippen LogP contribution in [0, 0.1) is 19.8 Å². The Hall–Kier alpha value is -1.39. The Bertz CT molecular complexity index is 476. The standard InChI is InChI=1S/C15H21N3O/c1-9-5-10(2)7-12(6-9)16-15(19)14-8-13(17-18-14)11-3-4-11/h5-7,11,13-14,17-18H,3-4,8H2,1-2H3,(H,16,19). The van der Waals surface area contributed by atoms with Gasteiger partial charge in [0.05, 0.1) is 0 Å². The molecule has 19 heavy (non-hydrogen) atoms. The van der Waals surface area contributed by atoms with Gasteiger partial charge in [-0.3, -0.25) is 10.2 Å². The highest BCUT2D eigenvalue weighted by Gasteiger charge is 2.38. The second-order valence-corrected chi connectivity index (χ2v) is 5.89. The van der Waals surface area contributed by atoms with Crippen LogP contribution in [0.25, 0.3) is 0 Å². The fourth-order valence-electron chi connectivity index (χ4n) is 2.84. The van der Waals surface area contributed by atoms with Gasteiger partial charge in [0.15, 0.2) is 0 Å². The summed E-state index contributed by atoms with van der Waals surface area (Å²) in [7, 11) is 0. The molecular formula is C15H21N3O. The number of rotatable bonds is 3. The van der Waals surface area contributed by atoms with Crippen molar-refractivity contribution < 1.29 is 4.79 Å². The van der Waals surface area contributed by atoms with Crippen LogP contribution in [0.3, 0.4) is 0 Å². The molecule has 1 amide bonds. The fraction of sp³-hybridized carbons (Fsp3) is 0.533. The molecule has 4 nitrogen and oxygen atoms in total. The summed E-state index contributed by atoms with van der Waals surface area (Å²) in [6, 6.07) is 6.47. The first-order valence-electron chi connectivity index (χ1n) is 7.02. The summed E-state index contributed by atoms with van der Waals surface area (Å²) in [6.07, 6.45) is 3.48. The van der Waals surface area contributed by atoms with Crippen LogP contribution in [0.2, 0.25) is 0 Å². The molecule has 1 aromatic carbocycles. The molecule has 1 saturated carbocycles. The monoisotopic (exact) mass is 259 g/mol. The van der Waals surface area contributed by atoms with E-state index in [0.29, 0.717) is 6.04 Å². The Labute approximate surface area is 113 Å². The van der Waals surface area contributed by atoms with Gasteiger partial charge >= 0.3 is 0 Å². The number of hydrogen-bond acceptors (Lipinski definition) is 3. The Morgan fingerprint density at radius 2 is 1.84 bits per heavy atom. The zero-order valence-electron chi connectivity index (χ0n) is 11.5. The predicted molar refractivity (Wildman–Crippen MR) is 75.7 cm³/mol. The molecule has 1 heterocycles. The van der Waals surface area contributed by atoms with Crippen molar-refractivity contribution in [2.75, 3.05) is 5.32 Å². The molecule has 102 valence electrons. The molecule has 4 heteroatoms. The second kappa shape index (κ2) is 4.94. The van der Waals surface area contributed by atoms with E-state index in [0.717, 1.165) is 18.0 Å². The summed E-state index contributed by atoms with van der Waals surface area (Å²) < 4.78 is 0. The highest BCUT2D eigenvalue weighted by Crippen LogP contribution is 2.35. The van der Waals surface area contributed by atoms with Crippen LogP contribution < -0.4 is 16.2 Å². The first-order valence-corrected chi connectivity index (χ1v) is 7.02. The van der Waals surface area contributed by atoms with Crippen LogP contribution in [0.5, 0.6) is 0 Å². The number of amides is 1. The molecule has 3 N–H and O–H groups in total. The van der Waals surface area contributed by atoms with Crippen molar-refractivity contribution in [2.45, 2.75) is 45.2 Å². The molecule has 3 rings (SSSR count). The van der Waals surface area contributed by atoms with Crippen molar-refractivity contribution >= 4 is 11.6 Å². The number of benzene rings is 1. The Morgan fingerprint density at radius 1 is 1.16 bits per heavy atom. The van der Waals surface area contributed by atoms with Gasteiger partial charge < -0.3 is 5.32 Å². The van der Waals surface area contributed by atoms with Crippen molar-refractivity contribution in [1.29, 1.82) is 0 Å². The lowest BCUT2D eigenvalue weighted by Crippen LogP contribution is -2.40. The first kappa shape index (κ1) is 12.6. The third-order valence-electron chi connectivity index (χ3n) is 3.93. The minimum atomic E-state index is -0.119. The summed E-state index contributed by atoms with van der Waals surface area (Å²) in [5.74, 6) is 0.826. The first-order chi connectivity index (χ1) is 9.11. The third kappa shape index (κ3) is 2.96. The van der Waals surface area contributed by atoms with Gasteiger partial charge in [0.25, 0.3) is 0 Å². The van der Waals surface area contributed by atoms with Crippen LogP contribution in [-0.2, 0) is 4.79 Å². The maximum Gasteiger partial charge on any atom is 0.242 e. The SMILES string of the molecule is Cc1cc(C)cc(NC(=O)C2CC(C3CC3)NN2)c1. The molecule has 1 aromatic rings. The zero-order chi connectivity index (χ0) is 13.4. The van der Waals surface area contributed by atoms with E-state index in [4.69, 9.17) is 0 Å². The zero-order valence-corrected chi connectivity index (χ0v) is 11.5. The quantitative estimate of drug-likeness (QED) is 0.777. The fourth-order valence-corrected chi connectivity index (χ4v) is 2.84. The average Bonchev–Trinajstić information content (AvgIpc) is 3.05. The lowest BCUT2D eigenvalue weighted by molar-refractivity contribution is -0.117. The maximum atomic E-state index is 12.2. The average molecular weight is 259 g/mol. The number of hydrogen-bond donors (Lipinski definition) is 3. The number of aryl methyl sites for hydroxylation is 2. The Kier molecular flexibility index (Phi) is 3.29. The van der Waals surface area contributed by atoms with E-state index < -0.39 is 0 Å². The lowest BCUT2D eigenvalue weighted by atomic mass is 10.1. The van der Waals surface area contributed by atoms with Crippen molar-refractivity contribution in [3.8, 4) is 0 Å². The number of hydrazine groups is 1. The largest absolute Gasteiger partial charge is 0.325 e. The molecule has 0 spiro atoms. The van der Waals surface area contributed by atoms with Crippen LogP contribution in [-0.4, -0.2) is 18.0 Å². The Balaban J connectivity index is 1.61. The molecule has 1 aliphatic heterocycles. The van der Waals surface area contributed by atoms with Gasteiger partial charge in [0, 0.05) is 11.7 Å². The molecule has 0 bridgehead atoms. The molecular weight excluding hydrogens is 238 g/mol. The minimum Gasteiger partial charge on any atom is -0.325 e. The van der Waals surface area contributed by atoms with E-state index in [-0.39, 0.29) is 11.9 Å². The summed E-state index contributed by atoms with van der Waals surface area (Å²) in [5, 5.41) is 3.00. The predicted octanol–water partition coefficient (Wildman–Crippen LogP) is 1.89. The molecule has 2 unspecified atom stereocenters. The van der Waals surface area contributed by atoms with Crippen molar-refractivity contribution in [3.05, 3.63) is 29.3 Å². The lowest BCUT2D eigenvalue weighted by Gasteiger charge is -2.11. The number of carbonyl (C=O) groups is 1. The summed E-state index contributed by atoms with van der Waals surface area (Å²) in [4.78, 5) is 12.2. The highest BCUT2D eigenvalue weighted by molar-refractivity contribution is 5.95. The van der Waals surface area contributed by atoms with E-state index in [1.54, 1.807) is 0 Å². The van der Waals surface area contributed by atoms with E-state index in [1.165, 1.54) is 24.0 Å². The molecule has 2 atom stereocenters. The Morgan fingerprint density at radius 3 is 2.47 bits per heavy atom. The van der Waals surface area contributed by atoms with Gasteiger partial charge in [-0.15, -0.1) is 0 Å². The van der Waals surface area contributed by atoms with E-state index in [1.807, 2.05) is 26.0 Å². The van der Waals surface area contributed by atoms with Crippen molar-refractivity contribution in [1.82, 2.24) is 10.9 Å². The van der Waals surface area contributed by atoms with Crippen LogP contribution >= 0.6 is 0 Å². The number of carbonyl (C=O) groups excluding carboxylic acids is 1. The van der Waals surface area contributed by atoms with Gasteiger partial charge in [-0.2, -0.15) is 0 Å². The highest BCUT2D eigenvalue weighted by atomic mass is 16.2. The molecule has 2 fully saturated rings. The number of anilines is 1. The van der Waals surface area contributed by atoms with Gasteiger partial charge in [-0.25, -0.2) is 5.43 Å². The van der Waals surface area contributed by atoms with Crippen molar-refractivity contribution in [3.63, 3.8) is 0 Å². The molecule has 0 radical (unpaired) electrons. The van der Waals surface area contributed by atoms with E-state index in [2.05, 4.69) is 22.2 Å². The minimum absolute atomic E-state index is 0.0562. The summed E-state index contributed by atoms with van der Waals surface area (Å²) in [5.41, 5.74) is 9.59. The maximum absolute atomic E-state index is 12.2. The molecule has 1 saturated heterocycles. The van der Waals surface area contributed by atoms with E-state index >= 15 is 0 Å². The van der Waals surface area contributed by atoms with Gasteiger partial charge in [-0.05, 0) is 62.3 Å². The van der Waals surface area contributed by atoms with Crippen LogP contribution in [0.1, 0.15) is 30.4 Å². The second-order valence-electron chi connectivity index (χ2n) is 5.89. The smallest absolute Gasteiger partial charge is 0.242 e. The van der Waals surface area contributed by atoms with Crippen LogP contribution in [0.15, 0.2) is 18.2 Å². The third-order valence-corrected chi connectivity index (χ3v) is 3.93. The summed E-state index contributed by atoms with van der Waals surface area (Å²) >= 11 is 0. The van der Waals surface area contributed by atoms with Gasteiger partial charge in [0.1, 0.15) is 6.04 Å². The van der Waals surface area contributed by atoms with Gasteiger partial charge in [0.2, 0.25) is 5.91 Å². The normalized spacial score (nSPS) is 26.4. The van der Waals surface area contributed by atoms with E-state index in [9.17, 15) is 4.79 Å². The van der Waals surface area contributed by atoms with Crippen LogP contribution in [0.4, 0.5) is 5.69 Å². The van der Waals surface area contributed by atoms with Crippen molar-refractivity contribution in [2.24, 2.45) is 5.92 Å². The molecule has 0 aromatic heterocycles. The molecule has 2 aliphatic rings. The van der Waals surface area contributed by atoms with Gasteiger partial charge in [-0.1, -0.05) is 6.07 Å². The summed E-state index contributed by atoms with van der Waals surface area (Å²) in [6.45, 7) is 4.09. The molecule has 1 aliphatic carbocycles.